The number of nitrogens with zero attached hydrogens (tertiary/aromatic N) is 3. The highest BCUT2D eigenvalue weighted by atomic mass is 35.5. The minimum absolute atomic E-state index is 0.0343. The Balaban J connectivity index is 2.10. The van der Waals surface area contributed by atoms with Gasteiger partial charge in [0.25, 0.3) is 5.91 Å². The normalized spacial score (nSPS) is 11.6. The van der Waals surface area contributed by atoms with E-state index in [-0.39, 0.29) is 32.7 Å². The number of methoxy groups -OCH3 is 1. The summed E-state index contributed by atoms with van der Waals surface area (Å²) in [5, 5.41) is 6.10. The van der Waals surface area contributed by atoms with Gasteiger partial charge in [-0.2, -0.15) is 22.8 Å². The average Bonchev–Trinajstić information content (AvgIpc) is 3.03. The fourth-order valence-corrected chi connectivity index (χ4v) is 2.71. The van der Waals surface area contributed by atoms with E-state index in [0.717, 1.165) is 10.6 Å². The van der Waals surface area contributed by atoms with Crippen LogP contribution in [0.4, 0.5) is 18.9 Å². The van der Waals surface area contributed by atoms with E-state index in [1.807, 2.05) is 0 Å². The molecular formula is C15H9Cl2F3N4O2. The molecule has 0 aliphatic heterocycles. The number of ether oxygens (including phenoxy) is 1. The number of amides is 1. The first-order valence-corrected chi connectivity index (χ1v) is 7.72. The van der Waals surface area contributed by atoms with Crippen LogP contribution in [0.25, 0.3) is 5.52 Å². The number of hydrogen-bond donors (Lipinski definition) is 1. The second kappa shape index (κ2) is 6.65. The number of aromatic nitrogens is 3. The molecule has 0 aliphatic rings. The van der Waals surface area contributed by atoms with Gasteiger partial charge in [-0.1, -0.05) is 23.2 Å². The second-order valence-electron chi connectivity index (χ2n) is 5.05. The number of alkyl halides is 3. The second-order valence-corrected chi connectivity index (χ2v) is 5.86. The molecule has 0 spiro atoms. The molecule has 1 amide bonds. The van der Waals surface area contributed by atoms with Crippen molar-refractivity contribution in [2.45, 2.75) is 6.18 Å². The summed E-state index contributed by atoms with van der Waals surface area (Å²) in [6.07, 6.45) is -2.14. The quantitative estimate of drug-likeness (QED) is 0.705. The van der Waals surface area contributed by atoms with Crippen LogP contribution in [0.5, 0.6) is 5.88 Å². The number of carbonyl (C=O) groups is 1. The minimum atomic E-state index is -4.68. The largest absolute Gasteiger partial charge is 0.481 e. The van der Waals surface area contributed by atoms with Crippen molar-refractivity contribution in [3.05, 3.63) is 51.9 Å². The van der Waals surface area contributed by atoms with Crippen LogP contribution < -0.4 is 10.1 Å². The lowest BCUT2D eigenvalue weighted by molar-refractivity contribution is -0.141. The number of carbonyl (C=O) groups excluding carboxylic acids is 1. The maximum Gasteiger partial charge on any atom is 0.435 e. The van der Waals surface area contributed by atoms with Crippen molar-refractivity contribution in [1.29, 1.82) is 0 Å². The predicted molar refractivity (Wildman–Crippen MR) is 89.0 cm³/mol. The third kappa shape index (κ3) is 3.27. The highest BCUT2D eigenvalue weighted by molar-refractivity contribution is 6.39. The van der Waals surface area contributed by atoms with Crippen molar-refractivity contribution in [2.24, 2.45) is 0 Å². The van der Waals surface area contributed by atoms with Crippen LogP contribution in [0.15, 0.2) is 30.6 Å². The number of rotatable bonds is 3. The minimum Gasteiger partial charge on any atom is -0.481 e. The van der Waals surface area contributed by atoms with Gasteiger partial charge in [0.15, 0.2) is 5.69 Å². The van der Waals surface area contributed by atoms with Crippen molar-refractivity contribution in [3.8, 4) is 5.88 Å². The Morgan fingerprint density at radius 1 is 1.23 bits per heavy atom. The highest BCUT2D eigenvalue weighted by Crippen LogP contribution is 2.32. The molecule has 26 heavy (non-hydrogen) atoms. The van der Waals surface area contributed by atoms with Gasteiger partial charge in [-0.15, -0.1) is 0 Å². The van der Waals surface area contributed by atoms with E-state index in [1.54, 1.807) is 0 Å². The summed E-state index contributed by atoms with van der Waals surface area (Å²) in [5.41, 5.74) is -1.22. The van der Waals surface area contributed by atoms with Gasteiger partial charge in [-0.3, -0.25) is 9.78 Å². The van der Waals surface area contributed by atoms with Gasteiger partial charge in [0.2, 0.25) is 5.88 Å². The zero-order valence-electron chi connectivity index (χ0n) is 12.9. The van der Waals surface area contributed by atoms with Crippen LogP contribution in [0.3, 0.4) is 0 Å². The van der Waals surface area contributed by atoms with Crippen LogP contribution in [0.2, 0.25) is 10.0 Å². The molecule has 0 saturated heterocycles. The summed E-state index contributed by atoms with van der Waals surface area (Å²) >= 11 is 11.9. The zero-order valence-corrected chi connectivity index (χ0v) is 14.4. The molecule has 11 heteroatoms. The highest BCUT2D eigenvalue weighted by Gasteiger charge is 2.35. The molecule has 1 N–H and O–H groups in total. The molecule has 3 aromatic rings. The maximum atomic E-state index is 13.0. The van der Waals surface area contributed by atoms with E-state index in [0.29, 0.717) is 0 Å². The van der Waals surface area contributed by atoms with Crippen LogP contribution in [-0.2, 0) is 6.18 Å². The van der Waals surface area contributed by atoms with Crippen molar-refractivity contribution in [1.82, 2.24) is 14.6 Å². The first kappa shape index (κ1) is 18.3. The van der Waals surface area contributed by atoms with E-state index >= 15 is 0 Å². The molecule has 3 aromatic heterocycles. The Kier molecular flexibility index (Phi) is 4.68. The molecule has 0 fully saturated rings. The Morgan fingerprint density at radius 2 is 1.88 bits per heavy atom. The summed E-state index contributed by atoms with van der Waals surface area (Å²) in [6, 6.07) is 3.40. The standard InChI is InChI=1S/C15H9Cl2F3N4O2/c1-26-12-3-2-7(10-4-11(15(18,19)20)23-24(10)12)14(25)22-13-8(16)5-21-6-9(13)17/h2-6H,1H3,(H,21,22,25). The summed E-state index contributed by atoms with van der Waals surface area (Å²) in [4.78, 5) is 16.3. The van der Waals surface area contributed by atoms with Gasteiger partial charge >= 0.3 is 6.18 Å². The van der Waals surface area contributed by atoms with Crippen LogP contribution >= 0.6 is 23.2 Å². The molecule has 0 aliphatic carbocycles. The fourth-order valence-electron chi connectivity index (χ4n) is 2.25. The van der Waals surface area contributed by atoms with E-state index in [4.69, 9.17) is 27.9 Å². The third-order valence-electron chi connectivity index (χ3n) is 3.42. The first-order valence-electron chi connectivity index (χ1n) is 6.96. The smallest absolute Gasteiger partial charge is 0.435 e. The number of anilines is 1. The molecule has 0 atom stereocenters. The monoisotopic (exact) mass is 404 g/mol. The number of hydrogen-bond acceptors (Lipinski definition) is 4. The van der Waals surface area contributed by atoms with Crippen LogP contribution in [0.1, 0.15) is 16.1 Å². The van der Waals surface area contributed by atoms with Gasteiger partial charge in [-0.25, -0.2) is 0 Å². The number of halogens is 5. The van der Waals surface area contributed by atoms with E-state index in [9.17, 15) is 18.0 Å². The Bertz CT molecular complexity index is 984. The Labute approximate surface area is 154 Å². The van der Waals surface area contributed by atoms with E-state index in [1.165, 1.54) is 31.6 Å². The first-order chi connectivity index (χ1) is 12.2. The lowest BCUT2D eigenvalue weighted by Crippen LogP contribution is -2.14. The number of nitrogens with one attached hydrogen (secondary N) is 1. The predicted octanol–water partition coefficient (Wildman–Crippen LogP) is 4.32. The molecule has 3 rings (SSSR count). The number of pyridine rings is 2. The molecular weight excluding hydrogens is 396 g/mol. The van der Waals surface area contributed by atoms with Crippen molar-refractivity contribution in [2.75, 3.05) is 12.4 Å². The third-order valence-corrected chi connectivity index (χ3v) is 4.00. The molecule has 6 nitrogen and oxygen atoms in total. The molecule has 3 heterocycles. The average molecular weight is 405 g/mol. The van der Waals surface area contributed by atoms with Crippen molar-refractivity contribution < 1.29 is 22.7 Å². The van der Waals surface area contributed by atoms with E-state index in [2.05, 4.69) is 15.4 Å². The van der Waals surface area contributed by atoms with E-state index < -0.39 is 17.8 Å². The van der Waals surface area contributed by atoms with Gasteiger partial charge in [0, 0.05) is 18.5 Å². The molecule has 0 aromatic carbocycles. The lowest BCUT2D eigenvalue weighted by Gasteiger charge is -2.10. The van der Waals surface area contributed by atoms with Crippen molar-refractivity contribution >= 4 is 40.3 Å². The molecule has 0 bridgehead atoms. The molecule has 0 radical (unpaired) electrons. The summed E-state index contributed by atoms with van der Waals surface area (Å²) in [5.74, 6) is -0.687. The Morgan fingerprint density at radius 3 is 2.46 bits per heavy atom. The molecule has 0 saturated carbocycles. The summed E-state index contributed by atoms with van der Waals surface area (Å²) in [7, 11) is 1.28. The maximum absolute atomic E-state index is 13.0. The van der Waals surface area contributed by atoms with Crippen LogP contribution in [0, 0.1) is 0 Å². The Hall–Kier alpha value is -2.52. The fraction of sp³-hybridized carbons (Fsp3) is 0.133. The van der Waals surface area contributed by atoms with Gasteiger partial charge < -0.3 is 10.1 Å². The SMILES string of the molecule is COc1ccc(C(=O)Nc2c(Cl)cncc2Cl)c2cc(C(F)(F)F)nn12. The van der Waals surface area contributed by atoms with Gasteiger partial charge in [0.1, 0.15) is 0 Å². The topological polar surface area (TPSA) is 68.5 Å². The van der Waals surface area contributed by atoms with Crippen LogP contribution in [-0.4, -0.2) is 27.6 Å². The lowest BCUT2D eigenvalue weighted by atomic mass is 10.2. The number of fused-ring (bicyclic) bond motifs is 1. The zero-order chi connectivity index (χ0) is 19.1. The van der Waals surface area contributed by atoms with Gasteiger partial charge in [-0.05, 0) is 12.1 Å². The molecule has 0 unspecified atom stereocenters. The van der Waals surface area contributed by atoms with Gasteiger partial charge in [0.05, 0.1) is 33.9 Å². The summed E-state index contributed by atoms with van der Waals surface area (Å²) in [6.45, 7) is 0. The summed E-state index contributed by atoms with van der Waals surface area (Å²) < 4.78 is 44.9. The van der Waals surface area contributed by atoms with Crippen molar-refractivity contribution in [3.63, 3.8) is 0 Å². The molecule has 136 valence electrons.